The lowest BCUT2D eigenvalue weighted by molar-refractivity contribution is -0.143. The fraction of sp³-hybridized carbons (Fsp3) is 0.462. The van der Waals surface area contributed by atoms with Crippen LogP contribution in [0, 0.1) is 0 Å². The molecule has 0 bridgehead atoms. The van der Waals surface area contributed by atoms with E-state index in [1.807, 2.05) is 19.1 Å². The van der Waals surface area contributed by atoms with Crippen molar-refractivity contribution in [1.29, 1.82) is 0 Å². The second kappa shape index (κ2) is 6.16. The summed E-state index contributed by atoms with van der Waals surface area (Å²) in [7, 11) is 0. The summed E-state index contributed by atoms with van der Waals surface area (Å²) in [4.78, 5) is 11.4. The van der Waals surface area contributed by atoms with Crippen LogP contribution in [0.3, 0.4) is 0 Å². The predicted octanol–water partition coefficient (Wildman–Crippen LogP) is 2.84. The van der Waals surface area contributed by atoms with Gasteiger partial charge in [-0.1, -0.05) is 25.1 Å². The van der Waals surface area contributed by atoms with Crippen LogP contribution in [-0.4, -0.2) is 17.7 Å². The van der Waals surface area contributed by atoms with Crippen LogP contribution in [0.2, 0.25) is 0 Å². The van der Waals surface area contributed by atoms with Gasteiger partial charge in [0.15, 0.2) is 0 Å². The fourth-order valence-corrected chi connectivity index (χ4v) is 1.73. The molecule has 0 spiro atoms. The number of hydrogen-bond donors (Lipinski definition) is 1. The van der Waals surface area contributed by atoms with Gasteiger partial charge in [-0.25, -0.2) is 0 Å². The summed E-state index contributed by atoms with van der Waals surface area (Å²) in [6.45, 7) is 4.19. The number of esters is 1. The Morgan fingerprint density at radius 1 is 1.38 bits per heavy atom. The third-order valence-electron chi connectivity index (χ3n) is 2.59. The molecule has 1 N–H and O–H groups in total. The molecule has 1 aromatic carbocycles. The standard InChI is InChI=1S/C13H18O3/c1-3-10(9-13(15)16-4-2)11-7-5-6-8-12(11)14/h5-8,10,14H,3-4,9H2,1-2H3/t10-/m1/s1. The van der Waals surface area contributed by atoms with Crippen molar-refractivity contribution in [3.8, 4) is 5.75 Å². The molecule has 0 aliphatic rings. The zero-order valence-corrected chi connectivity index (χ0v) is 9.77. The second-order valence-electron chi connectivity index (χ2n) is 3.67. The number of phenolic OH excluding ortho intramolecular Hbond substituents is 1. The zero-order chi connectivity index (χ0) is 12.0. The summed E-state index contributed by atoms with van der Waals surface area (Å²) < 4.78 is 4.91. The predicted molar refractivity (Wildman–Crippen MR) is 62.4 cm³/mol. The largest absolute Gasteiger partial charge is 0.508 e. The van der Waals surface area contributed by atoms with E-state index in [2.05, 4.69) is 0 Å². The lowest BCUT2D eigenvalue weighted by atomic mass is 9.92. The summed E-state index contributed by atoms with van der Waals surface area (Å²) in [5.41, 5.74) is 0.818. The Hall–Kier alpha value is -1.51. The van der Waals surface area contributed by atoms with E-state index in [-0.39, 0.29) is 17.6 Å². The van der Waals surface area contributed by atoms with Gasteiger partial charge in [-0.05, 0) is 30.9 Å². The van der Waals surface area contributed by atoms with Crippen molar-refractivity contribution < 1.29 is 14.6 Å². The molecule has 0 aromatic heterocycles. The molecule has 0 fully saturated rings. The molecule has 1 aromatic rings. The molecule has 0 saturated heterocycles. The second-order valence-corrected chi connectivity index (χ2v) is 3.67. The first-order chi connectivity index (χ1) is 7.69. The molecule has 0 aliphatic heterocycles. The van der Waals surface area contributed by atoms with Gasteiger partial charge in [0, 0.05) is 0 Å². The molecule has 0 saturated carbocycles. The van der Waals surface area contributed by atoms with Crippen molar-refractivity contribution in [3.63, 3.8) is 0 Å². The van der Waals surface area contributed by atoms with E-state index in [4.69, 9.17) is 4.74 Å². The molecule has 0 unspecified atom stereocenters. The van der Waals surface area contributed by atoms with Gasteiger partial charge in [-0.15, -0.1) is 0 Å². The third-order valence-corrected chi connectivity index (χ3v) is 2.59. The topological polar surface area (TPSA) is 46.5 Å². The van der Waals surface area contributed by atoms with Crippen LogP contribution in [0.4, 0.5) is 0 Å². The molecule has 0 radical (unpaired) electrons. The summed E-state index contributed by atoms with van der Waals surface area (Å²) in [5, 5.41) is 9.70. The first kappa shape index (κ1) is 12.6. The van der Waals surface area contributed by atoms with Gasteiger partial charge in [0.2, 0.25) is 0 Å². The van der Waals surface area contributed by atoms with Crippen molar-refractivity contribution in [2.24, 2.45) is 0 Å². The minimum atomic E-state index is -0.211. The van der Waals surface area contributed by atoms with Crippen molar-refractivity contribution in [3.05, 3.63) is 29.8 Å². The number of para-hydroxylation sites is 1. The highest BCUT2D eigenvalue weighted by molar-refractivity contribution is 5.70. The van der Waals surface area contributed by atoms with Crippen LogP contribution in [0.15, 0.2) is 24.3 Å². The summed E-state index contributed by atoms with van der Waals surface area (Å²) in [6, 6.07) is 7.13. The maximum atomic E-state index is 11.4. The summed E-state index contributed by atoms with van der Waals surface area (Å²) >= 11 is 0. The van der Waals surface area contributed by atoms with Crippen LogP contribution in [0.1, 0.15) is 38.2 Å². The Balaban J connectivity index is 2.75. The van der Waals surface area contributed by atoms with Gasteiger partial charge < -0.3 is 9.84 Å². The van der Waals surface area contributed by atoms with Gasteiger partial charge >= 0.3 is 5.97 Å². The van der Waals surface area contributed by atoms with E-state index in [9.17, 15) is 9.90 Å². The van der Waals surface area contributed by atoms with E-state index in [0.717, 1.165) is 12.0 Å². The Morgan fingerprint density at radius 2 is 2.06 bits per heavy atom. The normalized spacial score (nSPS) is 12.1. The molecule has 0 amide bonds. The van der Waals surface area contributed by atoms with Crippen LogP contribution < -0.4 is 0 Å². The van der Waals surface area contributed by atoms with Gasteiger partial charge in [0.1, 0.15) is 5.75 Å². The number of hydrogen-bond acceptors (Lipinski definition) is 3. The van der Waals surface area contributed by atoms with E-state index in [1.165, 1.54) is 0 Å². The highest BCUT2D eigenvalue weighted by atomic mass is 16.5. The van der Waals surface area contributed by atoms with Crippen molar-refractivity contribution in [2.45, 2.75) is 32.6 Å². The number of rotatable bonds is 5. The average molecular weight is 222 g/mol. The van der Waals surface area contributed by atoms with Crippen LogP contribution >= 0.6 is 0 Å². The number of aromatic hydroxyl groups is 1. The zero-order valence-electron chi connectivity index (χ0n) is 9.77. The maximum Gasteiger partial charge on any atom is 0.306 e. The highest BCUT2D eigenvalue weighted by Gasteiger charge is 2.17. The SMILES string of the molecule is CCOC(=O)C[C@@H](CC)c1ccccc1O. The lowest BCUT2D eigenvalue weighted by Crippen LogP contribution is -2.10. The van der Waals surface area contributed by atoms with Crippen molar-refractivity contribution in [2.75, 3.05) is 6.61 Å². The molecule has 0 heterocycles. The van der Waals surface area contributed by atoms with Crippen LogP contribution in [-0.2, 0) is 9.53 Å². The van der Waals surface area contributed by atoms with E-state index < -0.39 is 0 Å². The molecular formula is C13H18O3. The van der Waals surface area contributed by atoms with Gasteiger partial charge in [0.25, 0.3) is 0 Å². The highest BCUT2D eigenvalue weighted by Crippen LogP contribution is 2.30. The van der Waals surface area contributed by atoms with E-state index in [0.29, 0.717) is 13.0 Å². The van der Waals surface area contributed by atoms with Gasteiger partial charge in [-0.2, -0.15) is 0 Å². The minimum Gasteiger partial charge on any atom is -0.508 e. The molecule has 1 atom stereocenters. The molecule has 3 nitrogen and oxygen atoms in total. The minimum absolute atomic E-state index is 0.0280. The maximum absolute atomic E-state index is 11.4. The summed E-state index contributed by atoms with van der Waals surface area (Å²) in [5.74, 6) is 0.0662. The first-order valence-electron chi connectivity index (χ1n) is 5.62. The Labute approximate surface area is 96.1 Å². The smallest absolute Gasteiger partial charge is 0.306 e. The van der Waals surface area contributed by atoms with Crippen LogP contribution in [0.5, 0.6) is 5.75 Å². The first-order valence-corrected chi connectivity index (χ1v) is 5.62. The Kier molecular flexibility index (Phi) is 4.83. The molecule has 16 heavy (non-hydrogen) atoms. The number of carbonyl (C=O) groups is 1. The van der Waals surface area contributed by atoms with E-state index in [1.54, 1.807) is 19.1 Å². The molecule has 1 rings (SSSR count). The molecule has 0 aliphatic carbocycles. The molecule has 3 heteroatoms. The molecular weight excluding hydrogens is 204 g/mol. The Morgan fingerprint density at radius 3 is 2.62 bits per heavy atom. The number of carbonyl (C=O) groups excluding carboxylic acids is 1. The van der Waals surface area contributed by atoms with Crippen molar-refractivity contribution in [1.82, 2.24) is 0 Å². The monoisotopic (exact) mass is 222 g/mol. The quantitative estimate of drug-likeness (QED) is 0.779. The van der Waals surface area contributed by atoms with Crippen LogP contribution in [0.25, 0.3) is 0 Å². The lowest BCUT2D eigenvalue weighted by Gasteiger charge is -2.15. The Bertz CT molecular complexity index is 347. The number of benzene rings is 1. The molecule has 88 valence electrons. The fourth-order valence-electron chi connectivity index (χ4n) is 1.73. The number of phenols is 1. The van der Waals surface area contributed by atoms with Gasteiger partial charge in [-0.3, -0.25) is 4.79 Å². The average Bonchev–Trinajstić information content (AvgIpc) is 2.27. The van der Waals surface area contributed by atoms with Gasteiger partial charge in [0.05, 0.1) is 13.0 Å². The number of ether oxygens (including phenoxy) is 1. The van der Waals surface area contributed by atoms with Crippen molar-refractivity contribution >= 4 is 5.97 Å². The van der Waals surface area contributed by atoms with E-state index >= 15 is 0 Å². The summed E-state index contributed by atoms with van der Waals surface area (Å²) in [6.07, 6.45) is 1.12. The third kappa shape index (κ3) is 3.26.